The zero-order chi connectivity index (χ0) is 16.1. The Labute approximate surface area is 144 Å². The van der Waals surface area contributed by atoms with Crippen LogP contribution in [-0.4, -0.2) is 34.9 Å². The lowest BCUT2D eigenvalue weighted by Crippen LogP contribution is -2.61. The lowest BCUT2D eigenvalue weighted by molar-refractivity contribution is 0.196. The van der Waals surface area contributed by atoms with Gasteiger partial charge in [0.05, 0.1) is 6.04 Å². The van der Waals surface area contributed by atoms with E-state index in [4.69, 9.17) is 0 Å². The van der Waals surface area contributed by atoms with Crippen LogP contribution in [0.15, 0.2) is 60.5 Å². The molecule has 0 aromatic carbocycles. The molecule has 1 aliphatic carbocycles. The molecular weight excluding hydrogens is 308 g/mol. The lowest BCUT2D eigenvalue weighted by Gasteiger charge is -2.51. The quantitative estimate of drug-likeness (QED) is 0.513. The van der Waals surface area contributed by atoms with E-state index >= 15 is 0 Å². The van der Waals surface area contributed by atoms with Crippen molar-refractivity contribution in [3.8, 4) is 0 Å². The highest BCUT2D eigenvalue weighted by molar-refractivity contribution is 7.99. The Bertz CT molecular complexity index is 519. The summed E-state index contributed by atoms with van der Waals surface area (Å²) in [5.74, 6) is 0.718. The third-order valence-electron chi connectivity index (χ3n) is 4.03. The fourth-order valence-corrected chi connectivity index (χ4v) is 3.88. The van der Waals surface area contributed by atoms with Crippen molar-refractivity contribution in [2.24, 2.45) is 0 Å². The van der Waals surface area contributed by atoms with E-state index in [1.165, 1.54) is 5.57 Å². The highest BCUT2D eigenvalue weighted by Gasteiger charge is 2.41. The average molecular weight is 335 g/mol. The number of rotatable bonds is 8. The van der Waals surface area contributed by atoms with Gasteiger partial charge in [-0.3, -0.25) is 0 Å². The molecule has 1 saturated heterocycles. The fraction of sp³-hybridized carbons (Fsp3) is 0.444. The van der Waals surface area contributed by atoms with Crippen LogP contribution in [0.3, 0.4) is 0 Å². The second kappa shape index (κ2) is 8.02. The Morgan fingerprint density at radius 2 is 2.23 bits per heavy atom. The second-order valence-corrected chi connectivity index (χ2v) is 7.09. The molecule has 0 saturated carbocycles. The van der Waals surface area contributed by atoms with Crippen LogP contribution in [0, 0.1) is 0 Å². The summed E-state index contributed by atoms with van der Waals surface area (Å²) in [5, 5.41) is 3.94. The predicted molar refractivity (Wildman–Crippen MR) is 103 cm³/mol. The SMILES string of the molecule is C=C(CS)CN1C(=C)[C@@H](NC(=C)CC2=CCCC=C2)C1SC. The number of allylic oxidation sites excluding steroid dienone is 4. The summed E-state index contributed by atoms with van der Waals surface area (Å²) in [6.07, 6.45) is 12.1. The smallest absolute Gasteiger partial charge is 0.101 e. The van der Waals surface area contributed by atoms with E-state index in [1.807, 2.05) is 11.8 Å². The van der Waals surface area contributed by atoms with Gasteiger partial charge in [-0.15, -0.1) is 11.8 Å². The summed E-state index contributed by atoms with van der Waals surface area (Å²) in [7, 11) is 0. The molecule has 0 spiro atoms. The van der Waals surface area contributed by atoms with Crippen molar-refractivity contribution in [1.29, 1.82) is 0 Å². The summed E-state index contributed by atoms with van der Waals surface area (Å²) in [5.41, 5.74) is 4.67. The van der Waals surface area contributed by atoms with Crippen molar-refractivity contribution in [2.45, 2.75) is 30.7 Å². The number of likely N-dealkylation sites (tertiary alicyclic amines) is 1. The van der Waals surface area contributed by atoms with Crippen molar-refractivity contribution < 1.29 is 0 Å². The van der Waals surface area contributed by atoms with Gasteiger partial charge in [0.25, 0.3) is 0 Å². The van der Waals surface area contributed by atoms with E-state index in [9.17, 15) is 0 Å². The molecule has 0 amide bonds. The summed E-state index contributed by atoms with van der Waals surface area (Å²) in [6.45, 7) is 13.3. The molecule has 1 fully saturated rings. The highest BCUT2D eigenvalue weighted by Crippen LogP contribution is 2.36. The van der Waals surface area contributed by atoms with Gasteiger partial charge in [-0.05, 0) is 30.2 Å². The van der Waals surface area contributed by atoms with E-state index in [2.05, 4.69) is 67.1 Å². The Hall–Kier alpha value is -1.00. The fourth-order valence-electron chi connectivity index (χ4n) is 2.82. The first-order chi connectivity index (χ1) is 10.6. The van der Waals surface area contributed by atoms with Crippen LogP contribution in [0.1, 0.15) is 19.3 Å². The van der Waals surface area contributed by atoms with Gasteiger partial charge in [0.15, 0.2) is 0 Å². The third kappa shape index (κ3) is 4.05. The number of thiol groups is 1. The summed E-state index contributed by atoms with van der Waals surface area (Å²) >= 11 is 6.13. The normalized spacial score (nSPS) is 23.8. The minimum Gasteiger partial charge on any atom is -0.378 e. The van der Waals surface area contributed by atoms with Crippen molar-refractivity contribution in [3.63, 3.8) is 0 Å². The zero-order valence-corrected chi connectivity index (χ0v) is 15.1. The van der Waals surface area contributed by atoms with Gasteiger partial charge in [0, 0.05) is 30.1 Å². The number of hydrogen-bond donors (Lipinski definition) is 2. The topological polar surface area (TPSA) is 15.3 Å². The molecule has 2 aliphatic rings. The molecule has 2 nitrogen and oxygen atoms in total. The number of nitrogens with zero attached hydrogens (tertiary/aromatic N) is 1. The molecule has 2 rings (SSSR count). The molecule has 1 heterocycles. The maximum atomic E-state index is 4.29. The van der Waals surface area contributed by atoms with E-state index in [0.29, 0.717) is 5.37 Å². The number of nitrogens with one attached hydrogen (secondary N) is 1. The molecule has 1 unspecified atom stereocenters. The van der Waals surface area contributed by atoms with Crippen molar-refractivity contribution in [2.75, 3.05) is 18.6 Å². The van der Waals surface area contributed by atoms with Gasteiger partial charge < -0.3 is 10.2 Å². The van der Waals surface area contributed by atoms with E-state index in [-0.39, 0.29) is 6.04 Å². The molecule has 120 valence electrons. The van der Waals surface area contributed by atoms with Gasteiger partial charge in [-0.25, -0.2) is 0 Å². The van der Waals surface area contributed by atoms with E-state index < -0.39 is 0 Å². The molecular formula is C18H26N2S2. The first-order valence-electron chi connectivity index (χ1n) is 7.62. The van der Waals surface area contributed by atoms with Crippen molar-refractivity contribution in [3.05, 3.63) is 60.5 Å². The Morgan fingerprint density at radius 1 is 1.45 bits per heavy atom. The highest BCUT2D eigenvalue weighted by atomic mass is 32.2. The lowest BCUT2D eigenvalue weighted by atomic mass is 10.00. The number of thioether (sulfide) groups is 1. The van der Waals surface area contributed by atoms with E-state index in [0.717, 1.165) is 48.5 Å². The summed E-state index contributed by atoms with van der Waals surface area (Å²) in [6, 6.07) is 0.267. The van der Waals surface area contributed by atoms with Crippen LogP contribution in [0.2, 0.25) is 0 Å². The largest absolute Gasteiger partial charge is 0.378 e. The monoisotopic (exact) mass is 334 g/mol. The molecule has 1 N–H and O–H groups in total. The maximum absolute atomic E-state index is 4.29. The molecule has 0 radical (unpaired) electrons. The van der Waals surface area contributed by atoms with E-state index in [1.54, 1.807) is 0 Å². The zero-order valence-electron chi connectivity index (χ0n) is 13.3. The van der Waals surface area contributed by atoms with Crippen LogP contribution in [0.4, 0.5) is 0 Å². The standard InChI is InChI=1S/C18H26N2S2/c1-13(12-21)11-20-15(3)17(18(20)22-4)19-14(2)10-16-8-6-5-7-9-16/h6,8-9,17-19,21H,1-3,5,7,10-12H2,4H3/t17-,18?/m1/s1. The predicted octanol–water partition coefficient (Wildman–Crippen LogP) is 4.13. The molecule has 22 heavy (non-hydrogen) atoms. The van der Waals surface area contributed by atoms with Crippen molar-refractivity contribution in [1.82, 2.24) is 10.2 Å². The van der Waals surface area contributed by atoms with Crippen LogP contribution >= 0.6 is 24.4 Å². The number of hydrogen-bond acceptors (Lipinski definition) is 4. The average Bonchev–Trinajstić information content (AvgIpc) is 2.53. The van der Waals surface area contributed by atoms with Gasteiger partial charge >= 0.3 is 0 Å². The molecule has 2 atom stereocenters. The summed E-state index contributed by atoms with van der Waals surface area (Å²) < 4.78 is 0. The summed E-state index contributed by atoms with van der Waals surface area (Å²) in [4.78, 5) is 2.30. The van der Waals surface area contributed by atoms with Crippen LogP contribution in [0.5, 0.6) is 0 Å². The molecule has 0 aromatic rings. The minimum atomic E-state index is 0.267. The van der Waals surface area contributed by atoms with Crippen LogP contribution in [0.25, 0.3) is 0 Å². The second-order valence-electron chi connectivity index (χ2n) is 5.81. The maximum Gasteiger partial charge on any atom is 0.101 e. The van der Waals surface area contributed by atoms with Gasteiger partial charge in [-0.2, -0.15) is 12.6 Å². The van der Waals surface area contributed by atoms with Gasteiger partial charge in [0.1, 0.15) is 5.37 Å². The Morgan fingerprint density at radius 3 is 2.82 bits per heavy atom. The molecule has 4 heteroatoms. The first-order valence-corrected chi connectivity index (χ1v) is 9.54. The van der Waals surface area contributed by atoms with Crippen LogP contribution in [-0.2, 0) is 0 Å². The minimum absolute atomic E-state index is 0.267. The van der Waals surface area contributed by atoms with Crippen molar-refractivity contribution >= 4 is 24.4 Å². The first kappa shape index (κ1) is 17.4. The van der Waals surface area contributed by atoms with Gasteiger partial charge in [0.2, 0.25) is 0 Å². The van der Waals surface area contributed by atoms with Gasteiger partial charge in [-0.1, -0.05) is 38.0 Å². The van der Waals surface area contributed by atoms with Crippen LogP contribution < -0.4 is 5.32 Å². The Kier molecular flexibility index (Phi) is 6.33. The molecule has 1 aliphatic heterocycles. The molecule has 0 bridgehead atoms. The third-order valence-corrected chi connectivity index (χ3v) is 5.49. The Balaban J connectivity index is 1.88. The molecule has 0 aromatic heterocycles.